The van der Waals surface area contributed by atoms with Crippen molar-refractivity contribution >= 4 is 6.29 Å². The fourth-order valence-corrected chi connectivity index (χ4v) is 1.95. The van der Waals surface area contributed by atoms with E-state index in [1.165, 1.54) is 11.1 Å². The Kier molecular flexibility index (Phi) is 3.37. The van der Waals surface area contributed by atoms with Gasteiger partial charge >= 0.3 is 0 Å². The molecule has 0 atom stereocenters. The van der Waals surface area contributed by atoms with Crippen molar-refractivity contribution in [2.75, 3.05) is 0 Å². The highest BCUT2D eigenvalue weighted by molar-refractivity contribution is 5.73. The first-order valence-electron chi connectivity index (χ1n) is 6.20. The summed E-state index contributed by atoms with van der Waals surface area (Å²) in [5, 5.41) is 0. The molecule has 94 valence electrons. The van der Waals surface area contributed by atoms with E-state index in [2.05, 4.69) is 39.1 Å². The summed E-state index contributed by atoms with van der Waals surface area (Å²) in [6.45, 7) is 7.21. The molecule has 2 aromatic rings. The Morgan fingerprint density at radius 1 is 1.17 bits per heavy atom. The number of hydrogen-bond acceptors (Lipinski definition) is 1. The molecule has 2 heteroatoms. The molecule has 0 saturated heterocycles. The average molecular weight is 241 g/mol. The van der Waals surface area contributed by atoms with Crippen LogP contribution in [0.3, 0.4) is 0 Å². The molecule has 0 unspecified atom stereocenters. The van der Waals surface area contributed by atoms with E-state index in [0.717, 1.165) is 18.5 Å². The number of hydrogen-bond donors (Lipinski definition) is 0. The van der Waals surface area contributed by atoms with Gasteiger partial charge in [0.1, 0.15) is 0 Å². The number of carbonyl (C=O) groups excluding carboxylic acids is 1. The van der Waals surface area contributed by atoms with E-state index < -0.39 is 0 Å². The number of rotatable bonds is 3. The topological polar surface area (TPSA) is 22.0 Å². The molecule has 0 saturated carbocycles. The fourth-order valence-electron chi connectivity index (χ4n) is 1.95. The van der Waals surface area contributed by atoms with Crippen LogP contribution in [0.5, 0.6) is 0 Å². The number of carbonyl (C=O) groups is 1. The van der Waals surface area contributed by atoms with Crippen molar-refractivity contribution in [3.8, 4) is 0 Å². The summed E-state index contributed by atoms with van der Waals surface area (Å²) in [4.78, 5) is 11.1. The molecule has 1 aromatic carbocycles. The van der Waals surface area contributed by atoms with Crippen molar-refractivity contribution in [1.82, 2.24) is 4.57 Å². The van der Waals surface area contributed by atoms with Crippen molar-refractivity contribution < 1.29 is 4.79 Å². The number of aldehydes is 1. The molecule has 0 aliphatic heterocycles. The first kappa shape index (κ1) is 12.6. The van der Waals surface area contributed by atoms with Crippen molar-refractivity contribution in [3.05, 3.63) is 59.4 Å². The Labute approximate surface area is 108 Å². The van der Waals surface area contributed by atoms with E-state index in [0.29, 0.717) is 0 Å². The fraction of sp³-hybridized carbons (Fsp3) is 0.312. The van der Waals surface area contributed by atoms with Crippen LogP contribution in [-0.2, 0) is 12.0 Å². The van der Waals surface area contributed by atoms with E-state index in [9.17, 15) is 4.79 Å². The lowest BCUT2D eigenvalue weighted by atomic mass is 9.89. The largest absolute Gasteiger partial charge is 0.341 e. The van der Waals surface area contributed by atoms with Crippen molar-refractivity contribution in [3.63, 3.8) is 0 Å². The second kappa shape index (κ2) is 4.81. The Balaban J connectivity index is 2.33. The van der Waals surface area contributed by atoms with E-state index in [1.807, 2.05) is 28.8 Å². The molecule has 0 aliphatic rings. The molecule has 0 bridgehead atoms. The van der Waals surface area contributed by atoms with Gasteiger partial charge in [0.2, 0.25) is 0 Å². The Hall–Kier alpha value is -1.83. The van der Waals surface area contributed by atoms with Gasteiger partial charge in [-0.05, 0) is 22.6 Å². The van der Waals surface area contributed by atoms with Crippen molar-refractivity contribution in [2.24, 2.45) is 0 Å². The average Bonchev–Trinajstić information content (AvgIpc) is 2.73. The lowest BCUT2D eigenvalue weighted by Gasteiger charge is -2.16. The minimum atomic E-state index is 0.0691. The third-order valence-corrected chi connectivity index (χ3v) is 3.11. The third-order valence-electron chi connectivity index (χ3n) is 3.11. The Bertz CT molecular complexity index is 532. The summed E-state index contributed by atoms with van der Waals surface area (Å²) in [5.41, 5.74) is 3.21. The minimum Gasteiger partial charge on any atom is -0.341 e. The molecule has 0 fully saturated rings. The van der Waals surface area contributed by atoms with Crippen LogP contribution in [0.15, 0.2) is 42.6 Å². The SMILES string of the molecule is CC(C)(C)c1cc(C=O)n(Cc2ccccc2)c1. The monoisotopic (exact) mass is 241 g/mol. The van der Waals surface area contributed by atoms with Crippen LogP contribution in [-0.4, -0.2) is 10.9 Å². The molecular formula is C16H19NO. The lowest BCUT2D eigenvalue weighted by Crippen LogP contribution is -2.09. The van der Waals surface area contributed by atoms with Gasteiger partial charge in [-0.1, -0.05) is 51.1 Å². The summed E-state index contributed by atoms with van der Waals surface area (Å²) in [6.07, 6.45) is 3.01. The number of nitrogens with zero attached hydrogens (tertiary/aromatic N) is 1. The molecule has 0 N–H and O–H groups in total. The highest BCUT2D eigenvalue weighted by Gasteiger charge is 2.17. The van der Waals surface area contributed by atoms with Gasteiger partial charge in [0, 0.05) is 12.7 Å². The van der Waals surface area contributed by atoms with E-state index in [1.54, 1.807) is 0 Å². The van der Waals surface area contributed by atoms with Crippen molar-refractivity contribution in [1.29, 1.82) is 0 Å². The summed E-state index contributed by atoms with van der Waals surface area (Å²) < 4.78 is 2.02. The van der Waals surface area contributed by atoms with Gasteiger partial charge in [0.05, 0.1) is 5.69 Å². The van der Waals surface area contributed by atoms with Crippen LogP contribution in [0.2, 0.25) is 0 Å². The van der Waals surface area contributed by atoms with Crippen LogP contribution in [0, 0.1) is 0 Å². The van der Waals surface area contributed by atoms with Gasteiger partial charge in [-0.15, -0.1) is 0 Å². The standard InChI is InChI=1S/C16H19NO/c1-16(2,3)14-9-15(12-18)17(11-14)10-13-7-5-4-6-8-13/h4-9,11-12H,10H2,1-3H3. The zero-order valence-electron chi connectivity index (χ0n) is 11.2. The summed E-state index contributed by atoms with van der Waals surface area (Å²) >= 11 is 0. The predicted molar refractivity (Wildman–Crippen MR) is 74.1 cm³/mol. The molecule has 2 rings (SSSR count). The van der Waals surface area contributed by atoms with Crippen LogP contribution in [0.25, 0.3) is 0 Å². The second-order valence-corrected chi connectivity index (χ2v) is 5.63. The molecule has 0 amide bonds. The first-order chi connectivity index (χ1) is 8.50. The summed E-state index contributed by atoms with van der Waals surface area (Å²) in [7, 11) is 0. The van der Waals surface area contributed by atoms with Gasteiger partial charge in [-0.2, -0.15) is 0 Å². The predicted octanol–water partition coefficient (Wildman–Crippen LogP) is 3.65. The Morgan fingerprint density at radius 3 is 2.39 bits per heavy atom. The molecule has 1 aromatic heterocycles. The van der Waals surface area contributed by atoms with Crippen LogP contribution >= 0.6 is 0 Å². The number of aromatic nitrogens is 1. The molecule has 0 aliphatic carbocycles. The Morgan fingerprint density at radius 2 is 1.83 bits per heavy atom. The first-order valence-corrected chi connectivity index (χ1v) is 6.20. The maximum Gasteiger partial charge on any atom is 0.166 e. The normalized spacial score (nSPS) is 11.5. The molecule has 0 radical (unpaired) electrons. The maximum atomic E-state index is 11.1. The molecule has 1 heterocycles. The van der Waals surface area contributed by atoms with Crippen LogP contribution < -0.4 is 0 Å². The van der Waals surface area contributed by atoms with E-state index in [-0.39, 0.29) is 5.41 Å². The van der Waals surface area contributed by atoms with Crippen molar-refractivity contribution in [2.45, 2.75) is 32.7 Å². The molecule has 2 nitrogen and oxygen atoms in total. The summed E-state index contributed by atoms with van der Waals surface area (Å²) in [5.74, 6) is 0. The van der Waals surface area contributed by atoms with Gasteiger partial charge in [0.15, 0.2) is 6.29 Å². The summed E-state index contributed by atoms with van der Waals surface area (Å²) in [6, 6.07) is 12.2. The van der Waals surface area contributed by atoms with Gasteiger partial charge < -0.3 is 4.57 Å². The zero-order chi connectivity index (χ0) is 13.2. The highest BCUT2D eigenvalue weighted by Crippen LogP contribution is 2.24. The second-order valence-electron chi connectivity index (χ2n) is 5.63. The number of benzene rings is 1. The van der Waals surface area contributed by atoms with Gasteiger partial charge in [-0.3, -0.25) is 4.79 Å². The quantitative estimate of drug-likeness (QED) is 0.752. The molecule has 0 spiro atoms. The van der Waals surface area contributed by atoms with Gasteiger partial charge in [-0.25, -0.2) is 0 Å². The maximum absolute atomic E-state index is 11.1. The molecular weight excluding hydrogens is 222 g/mol. The highest BCUT2D eigenvalue weighted by atomic mass is 16.1. The minimum absolute atomic E-state index is 0.0691. The third kappa shape index (κ3) is 2.70. The van der Waals surface area contributed by atoms with E-state index >= 15 is 0 Å². The zero-order valence-corrected chi connectivity index (χ0v) is 11.2. The van der Waals surface area contributed by atoms with E-state index in [4.69, 9.17) is 0 Å². The van der Waals surface area contributed by atoms with Gasteiger partial charge in [0.25, 0.3) is 0 Å². The smallest absolute Gasteiger partial charge is 0.166 e. The molecule has 18 heavy (non-hydrogen) atoms. The lowest BCUT2D eigenvalue weighted by molar-refractivity contribution is 0.111. The van der Waals surface area contributed by atoms with Crippen LogP contribution in [0.1, 0.15) is 42.4 Å². The van der Waals surface area contributed by atoms with Crippen LogP contribution in [0.4, 0.5) is 0 Å².